The van der Waals surface area contributed by atoms with E-state index in [1.807, 2.05) is 6.92 Å². The SMILES string of the molecule is C[C@@H](N)c1ccc(N(CCO)C2CC2)cc1. The lowest BCUT2D eigenvalue weighted by atomic mass is 10.1. The number of aliphatic hydroxyl groups excluding tert-OH is 1. The summed E-state index contributed by atoms with van der Waals surface area (Å²) in [6.07, 6.45) is 2.49. The second kappa shape index (κ2) is 4.85. The Kier molecular flexibility index (Phi) is 3.46. The van der Waals surface area contributed by atoms with Gasteiger partial charge in [-0.2, -0.15) is 0 Å². The van der Waals surface area contributed by atoms with Crippen molar-refractivity contribution in [3.8, 4) is 0 Å². The Morgan fingerprint density at radius 3 is 2.44 bits per heavy atom. The molecule has 0 unspecified atom stereocenters. The van der Waals surface area contributed by atoms with Crippen LogP contribution in [0.15, 0.2) is 24.3 Å². The molecule has 0 spiro atoms. The van der Waals surface area contributed by atoms with Gasteiger partial charge < -0.3 is 15.7 Å². The van der Waals surface area contributed by atoms with E-state index in [2.05, 4.69) is 29.2 Å². The van der Waals surface area contributed by atoms with Crippen LogP contribution in [0.1, 0.15) is 31.4 Å². The molecule has 0 heterocycles. The third kappa shape index (κ3) is 2.54. The number of hydrogen-bond acceptors (Lipinski definition) is 3. The predicted octanol–water partition coefficient (Wildman–Crippen LogP) is 1.67. The largest absolute Gasteiger partial charge is 0.395 e. The van der Waals surface area contributed by atoms with Gasteiger partial charge in [0.25, 0.3) is 0 Å². The fraction of sp³-hybridized carbons (Fsp3) is 0.538. The molecule has 0 radical (unpaired) electrons. The van der Waals surface area contributed by atoms with E-state index in [-0.39, 0.29) is 12.6 Å². The van der Waals surface area contributed by atoms with Crippen LogP contribution in [0.25, 0.3) is 0 Å². The van der Waals surface area contributed by atoms with Crippen LogP contribution in [0, 0.1) is 0 Å². The van der Waals surface area contributed by atoms with E-state index in [0.29, 0.717) is 6.04 Å². The molecule has 0 saturated heterocycles. The molecule has 1 atom stereocenters. The van der Waals surface area contributed by atoms with Crippen molar-refractivity contribution in [1.82, 2.24) is 0 Å². The Bertz CT molecular complexity index is 330. The van der Waals surface area contributed by atoms with E-state index < -0.39 is 0 Å². The zero-order valence-corrected chi connectivity index (χ0v) is 9.76. The Balaban J connectivity index is 2.11. The van der Waals surface area contributed by atoms with E-state index in [1.54, 1.807) is 0 Å². The fourth-order valence-electron chi connectivity index (χ4n) is 1.99. The number of hydrogen-bond donors (Lipinski definition) is 2. The van der Waals surface area contributed by atoms with Crippen LogP contribution in [0.4, 0.5) is 5.69 Å². The summed E-state index contributed by atoms with van der Waals surface area (Å²) in [4.78, 5) is 2.28. The zero-order valence-electron chi connectivity index (χ0n) is 9.76. The molecular formula is C13H20N2O. The number of nitrogens with zero attached hydrogens (tertiary/aromatic N) is 1. The minimum absolute atomic E-state index is 0.0845. The molecule has 88 valence electrons. The van der Waals surface area contributed by atoms with Crippen LogP contribution in [0.2, 0.25) is 0 Å². The van der Waals surface area contributed by atoms with Gasteiger partial charge in [0.05, 0.1) is 6.61 Å². The molecule has 1 saturated carbocycles. The maximum Gasteiger partial charge on any atom is 0.0606 e. The van der Waals surface area contributed by atoms with E-state index in [1.165, 1.54) is 18.5 Å². The molecule has 0 aromatic heterocycles. The first kappa shape index (κ1) is 11.4. The van der Waals surface area contributed by atoms with Crippen molar-refractivity contribution in [1.29, 1.82) is 0 Å². The third-order valence-electron chi connectivity index (χ3n) is 3.08. The minimum atomic E-state index is 0.0845. The van der Waals surface area contributed by atoms with Gasteiger partial charge in [-0.15, -0.1) is 0 Å². The molecule has 3 heteroatoms. The number of anilines is 1. The summed E-state index contributed by atoms with van der Waals surface area (Å²) in [6, 6.07) is 9.08. The van der Waals surface area contributed by atoms with Crippen molar-refractivity contribution in [2.45, 2.75) is 31.8 Å². The number of aliphatic hydroxyl groups is 1. The molecular weight excluding hydrogens is 200 g/mol. The highest BCUT2D eigenvalue weighted by molar-refractivity contribution is 5.50. The van der Waals surface area contributed by atoms with E-state index in [4.69, 9.17) is 10.8 Å². The number of rotatable bonds is 5. The lowest BCUT2D eigenvalue weighted by molar-refractivity contribution is 0.301. The summed E-state index contributed by atoms with van der Waals surface area (Å²) >= 11 is 0. The number of nitrogens with two attached hydrogens (primary N) is 1. The van der Waals surface area contributed by atoms with Crippen LogP contribution in [-0.4, -0.2) is 24.3 Å². The molecule has 1 aromatic rings. The molecule has 1 aromatic carbocycles. The van der Waals surface area contributed by atoms with Crippen LogP contribution in [-0.2, 0) is 0 Å². The van der Waals surface area contributed by atoms with Crippen molar-refractivity contribution in [2.75, 3.05) is 18.1 Å². The fourth-order valence-corrected chi connectivity index (χ4v) is 1.99. The maximum atomic E-state index is 9.06. The molecule has 1 fully saturated rings. The molecule has 0 aliphatic heterocycles. The van der Waals surface area contributed by atoms with Gasteiger partial charge in [0, 0.05) is 24.3 Å². The van der Waals surface area contributed by atoms with Crippen molar-refractivity contribution in [2.24, 2.45) is 5.73 Å². The molecule has 2 rings (SSSR count). The van der Waals surface area contributed by atoms with Crippen LogP contribution in [0.3, 0.4) is 0 Å². The van der Waals surface area contributed by atoms with E-state index in [0.717, 1.165) is 12.1 Å². The van der Waals surface area contributed by atoms with E-state index in [9.17, 15) is 0 Å². The van der Waals surface area contributed by atoms with Crippen LogP contribution >= 0.6 is 0 Å². The van der Waals surface area contributed by atoms with Gasteiger partial charge in [0.15, 0.2) is 0 Å². The standard InChI is InChI=1S/C13H20N2O/c1-10(14)11-2-4-12(5-3-11)15(8-9-16)13-6-7-13/h2-5,10,13,16H,6-9,14H2,1H3/t10-/m1/s1. The third-order valence-corrected chi connectivity index (χ3v) is 3.08. The normalized spacial score (nSPS) is 17.2. The van der Waals surface area contributed by atoms with Crippen molar-refractivity contribution < 1.29 is 5.11 Å². The van der Waals surface area contributed by atoms with Crippen molar-refractivity contribution >= 4 is 5.69 Å². The summed E-state index contributed by atoms with van der Waals surface area (Å²) in [5.41, 5.74) is 8.17. The first-order valence-electron chi connectivity index (χ1n) is 5.95. The first-order chi connectivity index (χ1) is 7.72. The minimum Gasteiger partial charge on any atom is -0.395 e. The summed E-state index contributed by atoms with van der Waals surface area (Å²) in [5.74, 6) is 0. The van der Waals surface area contributed by atoms with Crippen molar-refractivity contribution in [3.05, 3.63) is 29.8 Å². The Morgan fingerprint density at radius 2 is 2.00 bits per heavy atom. The zero-order chi connectivity index (χ0) is 11.5. The quantitative estimate of drug-likeness (QED) is 0.793. The van der Waals surface area contributed by atoms with Gasteiger partial charge in [-0.1, -0.05) is 12.1 Å². The molecule has 3 N–H and O–H groups in total. The van der Waals surface area contributed by atoms with Gasteiger partial charge in [-0.3, -0.25) is 0 Å². The second-order valence-electron chi connectivity index (χ2n) is 4.53. The average molecular weight is 220 g/mol. The molecule has 1 aliphatic rings. The molecule has 1 aliphatic carbocycles. The van der Waals surface area contributed by atoms with Gasteiger partial charge in [0.2, 0.25) is 0 Å². The Hall–Kier alpha value is -1.06. The summed E-state index contributed by atoms with van der Waals surface area (Å²) in [5, 5.41) is 9.06. The van der Waals surface area contributed by atoms with Gasteiger partial charge >= 0.3 is 0 Å². The molecule has 0 bridgehead atoms. The topological polar surface area (TPSA) is 49.5 Å². The van der Waals surface area contributed by atoms with Gasteiger partial charge in [-0.05, 0) is 37.5 Å². The lowest BCUT2D eigenvalue weighted by Crippen LogP contribution is -2.28. The highest BCUT2D eigenvalue weighted by atomic mass is 16.3. The monoisotopic (exact) mass is 220 g/mol. The maximum absolute atomic E-state index is 9.06. The highest BCUT2D eigenvalue weighted by Gasteiger charge is 2.28. The Morgan fingerprint density at radius 1 is 1.38 bits per heavy atom. The van der Waals surface area contributed by atoms with E-state index >= 15 is 0 Å². The smallest absolute Gasteiger partial charge is 0.0606 e. The number of benzene rings is 1. The average Bonchev–Trinajstić information content (AvgIpc) is 3.10. The lowest BCUT2D eigenvalue weighted by Gasteiger charge is -2.24. The van der Waals surface area contributed by atoms with Crippen LogP contribution in [0.5, 0.6) is 0 Å². The van der Waals surface area contributed by atoms with Gasteiger partial charge in [-0.25, -0.2) is 0 Å². The van der Waals surface area contributed by atoms with Crippen molar-refractivity contribution in [3.63, 3.8) is 0 Å². The molecule has 16 heavy (non-hydrogen) atoms. The molecule has 3 nitrogen and oxygen atoms in total. The summed E-state index contributed by atoms with van der Waals surface area (Å²) in [7, 11) is 0. The summed E-state index contributed by atoms with van der Waals surface area (Å²) in [6.45, 7) is 2.93. The summed E-state index contributed by atoms with van der Waals surface area (Å²) < 4.78 is 0. The van der Waals surface area contributed by atoms with Gasteiger partial charge in [0.1, 0.15) is 0 Å². The first-order valence-corrected chi connectivity index (χ1v) is 5.95. The van der Waals surface area contributed by atoms with Crippen LogP contribution < -0.4 is 10.6 Å². The predicted molar refractivity (Wildman–Crippen MR) is 66.5 cm³/mol. The highest BCUT2D eigenvalue weighted by Crippen LogP contribution is 2.31. The Labute approximate surface area is 96.9 Å². The molecule has 0 amide bonds. The second-order valence-corrected chi connectivity index (χ2v) is 4.53.